The molecule has 1 aromatic rings. The zero-order valence-corrected chi connectivity index (χ0v) is 11.0. The summed E-state index contributed by atoms with van der Waals surface area (Å²) in [6, 6.07) is 1.73. The Balaban J connectivity index is 1.89. The highest BCUT2D eigenvalue weighted by molar-refractivity contribution is 9.10. The molecule has 4 nitrogen and oxygen atoms in total. The fraction of sp³-hybridized carbons (Fsp3) is 0.500. The lowest BCUT2D eigenvalue weighted by Gasteiger charge is -2.14. The van der Waals surface area contributed by atoms with Crippen LogP contribution in [-0.2, 0) is 0 Å². The molecule has 1 fully saturated rings. The minimum Gasteiger partial charge on any atom is -0.393 e. The van der Waals surface area contributed by atoms with Gasteiger partial charge in [0, 0.05) is 29.3 Å². The average Bonchev–Trinajstić information content (AvgIpc) is 2.72. The van der Waals surface area contributed by atoms with Gasteiger partial charge in [-0.05, 0) is 34.8 Å². The number of aliphatic hydroxyl groups is 1. The maximum Gasteiger partial charge on any atom is 0.252 e. The molecule has 92 valence electrons. The lowest BCUT2D eigenvalue weighted by atomic mass is 10.1. The summed E-state index contributed by atoms with van der Waals surface area (Å²) >= 11 is 3.27. The molecular weight excluding hydrogens is 284 g/mol. The summed E-state index contributed by atoms with van der Waals surface area (Å²) in [6.07, 6.45) is 5.77. The molecule has 5 heteroatoms. The third-order valence-electron chi connectivity index (χ3n) is 3.11. The van der Waals surface area contributed by atoms with E-state index >= 15 is 0 Å². The Bertz CT molecular complexity index is 411. The van der Waals surface area contributed by atoms with Gasteiger partial charge in [-0.3, -0.25) is 9.78 Å². The lowest BCUT2D eigenvalue weighted by Crippen LogP contribution is -2.32. The summed E-state index contributed by atoms with van der Waals surface area (Å²) in [5, 5.41) is 12.5. The number of nitrogens with zero attached hydrogens (tertiary/aromatic N) is 1. The first-order chi connectivity index (χ1) is 8.16. The molecule has 1 aliphatic rings. The zero-order chi connectivity index (χ0) is 12.3. The van der Waals surface area contributed by atoms with Crippen LogP contribution < -0.4 is 5.32 Å². The van der Waals surface area contributed by atoms with E-state index in [4.69, 9.17) is 0 Å². The van der Waals surface area contributed by atoms with Crippen LogP contribution in [0, 0.1) is 5.92 Å². The average molecular weight is 299 g/mol. The molecule has 2 rings (SSSR count). The number of carbonyl (C=O) groups excluding carboxylic acids is 1. The quantitative estimate of drug-likeness (QED) is 0.893. The molecule has 0 bridgehead atoms. The van der Waals surface area contributed by atoms with E-state index in [1.54, 1.807) is 12.3 Å². The maximum atomic E-state index is 11.8. The third kappa shape index (κ3) is 3.26. The van der Waals surface area contributed by atoms with Crippen molar-refractivity contribution in [1.82, 2.24) is 10.3 Å². The van der Waals surface area contributed by atoms with Crippen molar-refractivity contribution < 1.29 is 9.90 Å². The van der Waals surface area contributed by atoms with Crippen molar-refractivity contribution in [3.05, 3.63) is 28.5 Å². The minimum atomic E-state index is -0.268. The zero-order valence-electron chi connectivity index (χ0n) is 9.40. The number of rotatable bonds is 3. The molecule has 2 unspecified atom stereocenters. The normalized spacial score (nSPS) is 23.6. The van der Waals surface area contributed by atoms with Crippen LogP contribution in [0.1, 0.15) is 29.6 Å². The minimum absolute atomic E-state index is 0.141. The van der Waals surface area contributed by atoms with Gasteiger partial charge < -0.3 is 10.4 Å². The number of pyridine rings is 1. The molecule has 1 aliphatic carbocycles. The fourth-order valence-electron chi connectivity index (χ4n) is 2.12. The maximum absolute atomic E-state index is 11.8. The summed E-state index contributed by atoms with van der Waals surface area (Å²) in [6.45, 7) is 0.534. The predicted molar refractivity (Wildman–Crippen MR) is 67.6 cm³/mol. The number of carbonyl (C=O) groups is 1. The van der Waals surface area contributed by atoms with Gasteiger partial charge in [0.05, 0.1) is 11.7 Å². The van der Waals surface area contributed by atoms with Crippen LogP contribution >= 0.6 is 15.9 Å². The van der Waals surface area contributed by atoms with Crippen LogP contribution in [-0.4, -0.2) is 28.6 Å². The van der Waals surface area contributed by atoms with Crippen LogP contribution in [0.2, 0.25) is 0 Å². The number of amides is 1. The van der Waals surface area contributed by atoms with Gasteiger partial charge in [0.25, 0.3) is 5.91 Å². The molecule has 17 heavy (non-hydrogen) atoms. The van der Waals surface area contributed by atoms with Crippen molar-refractivity contribution >= 4 is 21.8 Å². The van der Waals surface area contributed by atoms with E-state index in [2.05, 4.69) is 26.2 Å². The van der Waals surface area contributed by atoms with Gasteiger partial charge in [-0.15, -0.1) is 0 Å². The number of nitrogens with one attached hydrogen (secondary N) is 1. The van der Waals surface area contributed by atoms with Crippen LogP contribution in [0.5, 0.6) is 0 Å². The summed E-state index contributed by atoms with van der Waals surface area (Å²) < 4.78 is 0.783. The Labute approximate surface area is 109 Å². The summed E-state index contributed by atoms with van der Waals surface area (Å²) in [7, 11) is 0. The summed E-state index contributed by atoms with van der Waals surface area (Å²) in [5.74, 6) is 0.0527. The second kappa shape index (κ2) is 5.60. The van der Waals surface area contributed by atoms with E-state index in [1.165, 1.54) is 6.20 Å². The summed E-state index contributed by atoms with van der Waals surface area (Å²) in [5.41, 5.74) is 0.534. The molecule has 2 N–H and O–H groups in total. The number of hydrogen-bond acceptors (Lipinski definition) is 3. The largest absolute Gasteiger partial charge is 0.393 e. The number of aromatic nitrogens is 1. The van der Waals surface area contributed by atoms with E-state index in [-0.39, 0.29) is 17.9 Å². The van der Waals surface area contributed by atoms with Gasteiger partial charge in [-0.1, -0.05) is 6.42 Å². The van der Waals surface area contributed by atoms with E-state index in [0.29, 0.717) is 12.1 Å². The molecule has 0 spiro atoms. The van der Waals surface area contributed by atoms with Crippen LogP contribution in [0.15, 0.2) is 22.9 Å². The van der Waals surface area contributed by atoms with Crippen molar-refractivity contribution in [2.45, 2.75) is 25.4 Å². The van der Waals surface area contributed by atoms with Crippen molar-refractivity contribution in [1.29, 1.82) is 0 Å². The van der Waals surface area contributed by atoms with Gasteiger partial charge in [0.2, 0.25) is 0 Å². The molecular formula is C12H15BrN2O2. The molecule has 0 saturated heterocycles. The number of aliphatic hydroxyl groups excluding tert-OH is 1. The standard InChI is InChI=1S/C12H15BrN2O2/c13-10-4-9(5-14-7-10)12(17)15-6-8-2-1-3-11(8)16/h4-5,7-8,11,16H,1-3,6H2,(H,15,17). The Hall–Kier alpha value is -0.940. The van der Waals surface area contributed by atoms with E-state index in [9.17, 15) is 9.90 Å². The van der Waals surface area contributed by atoms with Crippen molar-refractivity contribution in [2.75, 3.05) is 6.54 Å². The Kier molecular flexibility index (Phi) is 4.12. The second-order valence-electron chi connectivity index (χ2n) is 4.36. The monoisotopic (exact) mass is 298 g/mol. The molecule has 2 atom stereocenters. The lowest BCUT2D eigenvalue weighted by molar-refractivity contribution is 0.0916. The van der Waals surface area contributed by atoms with Crippen molar-refractivity contribution in [2.24, 2.45) is 5.92 Å². The van der Waals surface area contributed by atoms with Gasteiger partial charge in [-0.2, -0.15) is 0 Å². The SMILES string of the molecule is O=C(NCC1CCCC1O)c1cncc(Br)c1. The fourth-order valence-corrected chi connectivity index (χ4v) is 2.48. The highest BCUT2D eigenvalue weighted by Gasteiger charge is 2.25. The first-order valence-electron chi connectivity index (χ1n) is 5.73. The Morgan fingerprint density at radius 3 is 3.00 bits per heavy atom. The van der Waals surface area contributed by atoms with Crippen LogP contribution in [0.25, 0.3) is 0 Å². The number of halogens is 1. The Morgan fingerprint density at radius 2 is 2.35 bits per heavy atom. The van der Waals surface area contributed by atoms with E-state index < -0.39 is 0 Å². The Morgan fingerprint density at radius 1 is 1.53 bits per heavy atom. The molecule has 0 aliphatic heterocycles. The van der Waals surface area contributed by atoms with Gasteiger partial charge in [0.1, 0.15) is 0 Å². The van der Waals surface area contributed by atoms with Gasteiger partial charge in [0.15, 0.2) is 0 Å². The molecule has 1 aromatic heterocycles. The molecule has 1 heterocycles. The van der Waals surface area contributed by atoms with Gasteiger partial charge in [-0.25, -0.2) is 0 Å². The van der Waals surface area contributed by atoms with Crippen molar-refractivity contribution in [3.63, 3.8) is 0 Å². The highest BCUT2D eigenvalue weighted by atomic mass is 79.9. The first-order valence-corrected chi connectivity index (χ1v) is 6.53. The smallest absolute Gasteiger partial charge is 0.252 e. The van der Waals surface area contributed by atoms with Crippen molar-refractivity contribution in [3.8, 4) is 0 Å². The molecule has 0 aromatic carbocycles. The number of hydrogen-bond donors (Lipinski definition) is 2. The molecule has 1 saturated carbocycles. The van der Waals surface area contributed by atoms with E-state index in [0.717, 1.165) is 23.7 Å². The molecule has 1 amide bonds. The summed E-state index contributed by atoms with van der Waals surface area (Å²) in [4.78, 5) is 15.7. The predicted octanol–water partition coefficient (Wildman–Crippen LogP) is 1.73. The topological polar surface area (TPSA) is 62.2 Å². The van der Waals surface area contributed by atoms with Gasteiger partial charge >= 0.3 is 0 Å². The van der Waals surface area contributed by atoms with E-state index in [1.807, 2.05) is 0 Å². The molecule has 0 radical (unpaired) electrons. The van der Waals surface area contributed by atoms with Crippen LogP contribution in [0.3, 0.4) is 0 Å². The third-order valence-corrected chi connectivity index (χ3v) is 3.54. The van der Waals surface area contributed by atoms with Crippen LogP contribution in [0.4, 0.5) is 0 Å². The first kappa shape index (κ1) is 12.5. The highest BCUT2D eigenvalue weighted by Crippen LogP contribution is 2.24. The second-order valence-corrected chi connectivity index (χ2v) is 5.28.